The van der Waals surface area contributed by atoms with Gasteiger partial charge in [0.2, 0.25) is 0 Å². The molecule has 2 aliphatic rings. The summed E-state index contributed by atoms with van der Waals surface area (Å²) in [5, 5.41) is 29.5. The summed E-state index contributed by atoms with van der Waals surface area (Å²) in [6.45, 7) is 1.46. The molecule has 3 rings (SSSR count). The van der Waals surface area contributed by atoms with Crippen LogP contribution in [0, 0.1) is 51.2 Å². The zero-order valence-electron chi connectivity index (χ0n) is 14.8. The van der Waals surface area contributed by atoms with Crippen LogP contribution < -0.4 is 5.73 Å². The first-order chi connectivity index (χ1) is 12.6. The van der Waals surface area contributed by atoms with Crippen molar-refractivity contribution in [2.75, 3.05) is 20.1 Å². The van der Waals surface area contributed by atoms with Gasteiger partial charge in [-0.15, -0.1) is 0 Å². The molecule has 1 aromatic rings. The van der Waals surface area contributed by atoms with Gasteiger partial charge in [0.25, 0.3) is 0 Å². The first-order valence-electron chi connectivity index (χ1n) is 8.73. The molecule has 0 unspecified atom stereocenters. The van der Waals surface area contributed by atoms with Crippen LogP contribution in [0.1, 0.15) is 12.0 Å². The van der Waals surface area contributed by atoms with Crippen LogP contribution in [-0.4, -0.2) is 25.0 Å². The zero-order valence-corrected chi connectivity index (χ0v) is 14.8. The number of nitrogens with two attached hydrogens (primary N) is 1. The van der Waals surface area contributed by atoms with E-state index in [1.807, 2.05) is 43.5 Å². The van der Waals surface area contributed by atoms with Gasteiger partial charge in [0.15, 0.2) is 5.41 Å². The predicted octanol–water partition coefficient (Wildman–Crippen LogP) is 2.51. The van der Waals surface area contributed by atoms with Crippen LogP contribution in [0.5, 0.6) is 0 Å². The molecule has 5 nitrogen and oxygen atoms in total. The van der Waals surface area contributed by atoms with Gasteiger partial charge in [-0.1, -0.05) is 36.4 Å². The van der Waals surface area contributed by atoms with Gasteiger partial charge in [-0.3, -0.25) is 0 Å². The molecular weight excluding hydrogens is 322 g/mol. The van der Waals surface area contributed by atoms with E-state index in [0.29, 0.717) is 12.0 Å². The van der Waals surface area contributed by atoms with Gasteiger partial charge in [0, 0.05) is 24.9 Å². The fourth-order valence-electron chi connectivity index (χ4n) is 4.22. The van der Waals surface area contributed by atoms with Crippen molar-refractivity contribution in [3.8, 4) is 18.2 Å². The minimum atomic E-state index is -1.46. The van der Waals surface area contributed by atoms with E-state index in [2.05, 4.69) is 23.1 Å². The van der Waals surface area contributed by atoms with E-state index >= 15 is 0 Å². The number of aryl methyl sites for hydroxylation is 1. The van der Waals surface area contributed by atoms with Gasteiger partial charge in [-0.05, 0) is 31.0 Å². The second kappa shape index (κ2) is 7.04. The van der Waals surface area contributed by atoms with Gasteiger partial charge in [0.05, 0.1) is 23.4 Å². The van der Waals surface area contributed by atoms with Gasteiger partial charge in [-0.2, -0.15) is 15.8 Å². The van der Waals surface area contributed by atoms with E-state index in [1.165, 1.54) is 5.56 Å². The Balaban J connectivity index is 2.07. The lowest BCUT2D eigenvalue weighted by Crippen LogP contribution is -2.48. The highest BCUT2D eigenvalue weighted by Gasteiger charge is 2.53. The fourth-order valence-corrected chi connectivity index (χ4v) is 4.22. The Morgan fingerprint density at radius 3 is 2.50 bits per heavy atom. The van der Waals surface area contributed by atoms with Crippen molar-refractivity contribution in [2.24, 2.45) is 23.0 Å². The van der Waals surface area contributed by atoms with Crippen molar-refractivity contribution in [2.45, 2.75) is 12.8 Å². The molecule has 0 amide bonds. The molecule has 0 saturated carbocycles. The summed E-state index contributed by atoms with van der Waals surface area (Å²) in [5.74, 6) is -0.289. The molecule has 0 radical (unpaired) electrons. The molecule has 26 heavy (non-hydrogen) atoms. The van der Waals surface area contributed by atoms with Crippen LogP contribution >= 0.6 is 0 Å². The fraction of sp³-hybridized carbons (Fsp3) is 0.381. The highest BCUT2D eigenvalue weighted by molar-refractivity contribution is 5.56. The highest BCUT2D eigenvalue weighted by Crippen LogP contribution is 2.50. The number of hydrogen-bond acceptors (Lipinski definition) is 5. The lowest BCUT2D eigenvalue weighted by Gasteiger charge is -2.45. The standard InChI is InChI=1S/C21H21N5/c1-26-10-9-16-17(11-22)20(25)21(13-23,14-24)19(18(16)12-26)8-7-15-5-3-2-4-6-15/h2-6,9,18-19H,7-8,10,12,25H2,1H3/t18-,19-/m0/s1. The SMILES string of the molecule is CN1CC=C2C(C#N)=C(N)C(C#N)(C#N)[C@@H](CCc3ccccc3)[C@H]2C1. The minimum absolute atomic E-state index is 0.0429. The molecule has 1 aliphatic carbocycles. The Morgan fingerprint density at radius 2 is 1.88 bits per heavy atom. The van der Waals surface area contributed by atoms with Gasteiger partial charge in [0.1, 0.15) is 6.07 Å². The third-order valence-corrected chi connectivity index (χ3v) is 5.61. The molecule has 0 saturated heterocycles. The number of fused-ring (bicyclic) bond motifs is 1. The van der Waals surface area contributed by atoms with Crippen molar-refractivity contribution >= 4 is 0 Å². The smallest absolute Gasteiger partial charge is 0.187 e. The van der Waals surface area contributed by atoms with Crippen molar-refractivity contribution < 1.29 is 0 Å². The average Bonchev–Trinajstić information content (AvgIpc) is 2.67. The van der Waals surface area contributed by atoms with E-state index in [-0.39, 0.29) is 17.5 Å². The molecule has 1 heterocycles. The predicted molar refractivity (Wildman–Crippen MR) is 97.8 cm³/mol. The normalized spacial score (nSPS) is 24.6. The van der Waals surface area contributed by atoms with Crippen molar-refractivity contribution in [1.82, 2.24) is 4.90 Å². The molecule has 0 spiro atoms. The van der Waals surface area contributed by atoms with Crippen molar-refractivity contribution in [3.63, 3.8) is 0 Å². The molecule has 5 heteroatoms. The Labute approximate surface area is 154 Å². The van der Waals surface area contributed by atoms with Gasteiger partial charge < -0.3 is 10.6 Å². The third kappa shape index (κ3) is 2.76. The van der Waals surface area contributed by atoms with Crippen molar-refractivity contribution in [1.29, 1.82) is 15.8 Å². The Hall–Kier alpha value is -3.07. The zero-order chi connectivity index (χ0) is 18.7. The topological polar surface area (TPSA) is 101 Å². The van der Waals surface area contributed by atoms with Crippen LogP contribution in [0.3, 0.4) is 0 Å². The Morgan fingerprint density at radius 1 is 1.19 bits per heavy atom. The second-order valence-electron chi connectivity index (χ2n) is 7.05. The third-order valence-electron chi connectivity index (χ3n) is 5.61. The molecule has 130 valence electrons. The molecule has 1 aromatic carbocycles. The second-order valence-corrected chi connectivity index (χ2v) is 7.05. The van der Waals surface area contributed by atoms with Crippen LogP contribution in [0.2, 0.25) is 0 Å². The Bertz CT molecular complexity index is 862. The van der Waals surface area contributed by atoms with E-state index in [1.54, 1.807) is 0 Å². The van der Waals surface area contributed by atoms with Crippen LogP contribution in [-0.2, 0) is 6.42 Å². The molecule has 0 fully saturated rings. The number of nitrogens with zero attached hydrogens (tertiary/aromatic N) is 4. The van der Waals surface area contributed by atoms with Crippen LogP contribution in [0.25, 0.3) is 0 Å². The summed E-state index contributed by atoms with van der Waals surface area (Å²) in [6, 6.07) is 16.5. The maximum Gasteiger partial charge on any atom is 0.187 e. The van der Waals surface area contributed by atoms with E-state index in [9.17, 15) is 15.8 Å². The summed E-state index contributed by atoms with van der Waals surface area (Å²) in [7, 11) is 2.01. The number of allylic oxidation sites excluding steroid dienone is 2. The summed E-state index contributed by atoms with van der Waals surface area (Å²) >= 11 is 0. The van der Waals surface area contributed by atoms with Gasteiger partial charge >= 0.3 is 0 Å². The largest absolute Gasteiger partial charge is 0.399 e. The summed E-state index contributed by atoms with van der Waals surface area (Å²) in [6.07, 6.45) is 3.45. The summed E-state index contributed by atoms with van der Waals surface area (Å²) in [5.41, 5.74) is 7.30. The van der Waals surface area contributed by atoms with E-state index in [4.69, 9.17) is 5.73 Å². The first-order valence-corrected chi connectivity index (χ1v) is 8.73. The molecule has 0 bridgehead atoms. The van der Waals surface area contributed by atoms with Crippen LogP contribution in [0.15, 0.2) is 53.3 Å². The lowest BCUT2D eigenvalue weighted by atomic mass is 9.58. The number of nitriles is 3. The number of likely N-dealkylation sites (N-methyl/N-ethyl adjacent to an activating group) is 1. The number of rotatable bonds is 3. The summed E-state index contributed by atoms with van der Waals surface area (Å²) in [4.78, 5) is 2.15. The maximum atomic E-state index is 9.92. The quantitative estimate of drug-likeness (QED) is 0.909. The van der Waals surface area contributed by atoms with Gasteiger partial charge in [-0.25, -0.2) is 0 Å². The maximum absolute atomic E-state index is 9.92. The monoisotopic (exact) mass is 343 g/mol. The molecule has 0 aromatic heterocycles. The number of benzene rings is 1. The summed E-state index contributed by atoms with van der Waals surface area (Å²) < 4.78 is 0. The van der Waals surface area contributed by atoms with Crippen molar-refractivity contribution in [3.05, 3.63) is 58.8 Å². The molecule has 2 atom stereocenters. The average molecular weight is 343 g/mol. The van der Waals surface area contributed by atoms with E-state index in [0.717, 1.165) is 25.1 Å². The first kappa shape index (κ1) is 17.7. The Kier molecular flexibility index (Phi) is 4.81. The van der Waals surface area contributed by atoms with E-state index < -0.39 is 5.41 Å². The van der Waals surface area contributed by atoms with Crippen LogP contribution in [0.4, 0.5) is 0 Å². The highest BCUT2D eigenvalue weighted by atomic mass is 15.1. The molecule has 2 N–H and O–H groups in total. The number of hydrogen-bond donors (Lipinski definition) is 1. The molecule has 1 aliphatic heterocycles. The lowest BCUT2D eigenvalue weighted by molar-refractivity contribution is 0.178. The minimum Gasteiger partial charge on any atom is -0.399 e. The molecular formula is C21H21N5.